The summed E-state index contributed by atoms with van der Waals surface area (Å²) < 4.78 is 0. The number of aromatic amines is 1. The number of anilines is 1. The Hall–Kier alpha value is -1.55. The highest BCUT2D eigenvalue weighted by atomic mass is 15.2. The highest BCUT2D eigenvalue weighted by Crippen LogP contribution is 2.14. The Balaban J connectivity index is 1.53. The van der Waals surface area contributed by atoms with Gasteiger partial charge in [0.15, 0.2) is 0 Å². The number of nitrogens with zero attached hydrogens (tertiary/aromatic N) is 2. The average Bonchev–Trinajstić information content (AvgIpc) is 3.04. The van der Waals surface area contributed by atoms with E-state index in [-0.39, 0.29) is 0 Å². The zero-order chi connectivity index (χ0) is 13.1. The number of hydrogen-bond donors (Lipinski definition) is 2. The van der Waals surface area contributed by atoms with Crippen LogP contribution in [0.25, 0.3) is 11.0 Å². The summed E-state index contributed by atoms with van der Waals surface area (Å²) in [5.74, 6) is 1.53. The van der Waals surface area contributed by atoms with Gasteiger partial charge in [-0.05, 0) is 44.0 Å². The third-order valence-electron chi connectivity index (χ3n) is 3.78. The van der Waals surface area contributed by atoms with Crippen LogP contribution < -0.4 is 5.32 Å². The molecule has 1 aliphatic heterocycles. The minimum atomic E-state index is 0.645. The molecule has 102 valence electrons. The maximum absolute atomic E-state index is 4.54. The molecule has 0 amide bonds. The van der Waals surface area contributed by atoms with Crippen molar-refractivity contribution < 1.29 is 0 Å². The van der Waals surface area contributed by atoms with E-state index in [1.807, 2.05) is 18.2 Å². The molecule has 2 N–H and O–H groups in total. The fourth-order valence-electron chi connectivity index (χ4n) is 2.78. The third kappa shape index (κ3) is 3.07. The molecule has 19 heavy (non-hydrogen) atoms. The maximum atomic E-state index is 4.54. The first-order valence-electron chi connectivity index (χ1n) is 7.22. The molecule has 0 saturated carbocycles. The minimum absolute atomic E-state index is 0.645. The average molecular weight is 258 g/mol. The van der Waals surface area contributed by atoms with Gasteiger partial charge in [-0.3, -0.25) is 0 Å². The fraction of sp³-hybridized carbons (Fsp3) is 0.533. The molecular weight excluding hydrogens is 236 g/mol. The van der Waals surface area contributed by atoms with Crippen molar-refractivity contribution in [1.82, 2.24) is 14.9 Å². The molecule has 1 unspecified atom stereocenters. The van der Waals surface area contributed by atoms with Crippen molar-refractivity contribution in [1.29, 1.82) is 0 Å². The number of benzene rings is 1. The lowest BCUT2D eigenvalue weighted by atomic mass is 10.1. The van der Waals surface area contributed by atoms with Gasteiger partial charge in [0.2, 0.25) is 5.95 Å². The van der Waals surface area contributed by atoms with Crippen molar-refractivity contribution in [3.05, 3.63) is 24.3 Å². The Bertz CT molecular complexity index is 495. The second-order valence-electron chi connectivity index (χ2n) is 5.60. The summed E-state index contributed by atoms with van der Waals surface area (Å²) in [4.78, 5) is 10.4. The van der Waals surface area contributed by atoms with E-state index in [0.717, 1.165) is 23.5 Å². The summed E-state index contributed by atoms with van der Waals surface area (Å²) in [5.41, 5.74) is 2.12. The Morgan fingerprint density at radius 2 is 2.11 bits per heavy atom. The van der Waals surface area contributed by atoms with E-state index in [1.54, 1.807) is 0 Å². The lowest BCUT2D eigenvalue weighted by molar-refractivity contribution is 0.294. The summed E-state index contributed by atoms with van der Waals surface area (Å²) in [7, 11) is 0. The predicted molar refractivity (Wildman–Crippen MR) is 79.4 cm³/mol. The van der Waals surface area contributed by atoms with Gasteiger partial charge in [-0.25, -0.2) is 4.98 Å². The van der Waals surface area contributed by atoms with Crippen LogP contribution in [0.15, 0.2) is 24.3 Å². The number of para-hydroxylation sites is 2. The van der Waals surface area contributed by atoms with Gasteiger partial charge in [0.1, 0.15) is 0 Å². The van der Waals surface area contributed by atoms with E-state index in [9.17, 15) is 0 Å². The summed E-state index contributed by atoms with van der Waals surface area (Å²) in [5, 5.41) is 3.41. The smallest absolute Gasteiger partial charge is 0.201 e. The molecule has 1 atom stereocenters. The van der Waals surface area contributed by atoms with Crippen molar-refractivity contribution in [3.63, 3.8) is 0 Å². The Morgan fingerprint density at radius 3 is 2.89 bits per heavy atom. The predicted octanol–water partition coefficient (Wildman–Crippen LogP) is 2.71. The zero-order valence-electron chi connectivity index (χ0n) is 11.5. The molecule has 4 nitrogen and oxygen atoms in total. The van der Waals surface area contributed by atoms with Crippen LogP contribution in [0.3, 0.4) is 0 Å². The minimum Gasteiger partial charge on any atom is -0.355 e. The standard InChI is InChI=1S/C15H22N4/c1-12(11-19-8-4-5-9-19)10-16-15-17-13-6-2-3-7-14(13)18-15/h2-3,6-7,12H,4-5,8-11H2,1H3,(H2,16,17,18). The summed E-state index contributed by atoms with van der Waals surface area (Å²) >= 11 is 0. The number of fused-ring (bicyclic) bond motifs is 1. The lowest BCUT2D eigenvalue weighted by Gasteiger charge is -2.20. The van der Waals surface area contributed by atoms with Gasteiger partial charge in [0, 0.05) is 13.1 Å². The molecule has 1 aromatic heterocycles. The van der Waals surface area contributed by atoms with E-state index in [4.69, 9.17) is 0 Å². The number of hydrogen-bond acceptors (Lipinski definition) is 3. The van der Waals surface area contributed by atoms with Crippen LogP contribution in [0.5, 0.6) is 0 Å². The van der Waals surface area contributed by atoms with Crippen LogP contribution in [0, 0.1) is 5.92 Å². The second-order valence-corrected chi connectivity index (χ2v) is 5.60. The fourth-order valence-corrected chi connectivity index (χ4v) is 2.78. The maximum Gasteiger partial charge on any atom is 0.201 e. The normalized spacial score (nSPS) is 17.9. The van der Waals surface area contributed by atoms with Crippen molar-refractivity contribution in [2.75, 3.05) is 31.5 Å². The Labute approximate surface area is 114 Å². The van der Waals surface area contributed by atoms with E-state index in [0.29, 0.717) is 5.92 Å². The van der Waals surface area contributed by atoms with Crippen molar-refractivity contribution in [2.24, 2.45) is 5.92 Å². The molecule has 3 rings (SSSR count). The summed E-state index contributed by atoms with van der Waals surface area (Å²) in [6, 6.07) is 8.13. The molecule has 0 bridgehead atoms. The van der Waals surface area contributed by atoms with Gasteiger partial charge < -0.3 is 15.2 Å². The molecule has 0 aliphatic carbocycles. The topological polar surface area (TPSA) is 44.0 Å². The molecule has 2 aromatic rings. The van der Waals surface area contributed by atoms with Crippen LogP contribution in [0.2, 0.25) is 0 Å². The van der Waals surface area contributed by atoms with E-state index < -0.39 is 0 Å². The molecule has 1 fully saturated rings. The number of aromatic nitrogens is 2. The van der Waals surface area contributed by atoms with Gasteiger partial charge in [-0.1, -0.05) is 19.1 Å². The van der Waals surface area contributed by atoms with E-state index in [2.05, 4.69) is 33.2 Å². The molecule has 1 aliphatic rings. The van der Waals surface area contributed by atoms with E-state index in [1.165, 1.54) is 32.5 Å². The van der Waals surface area contributed by atoms with Gasteiger partial charge in [0.25, 0.3) is 0 Å². The molecular formula is C15H22N4. The monoisotopic (exact) mass is 258 g/mol. The molecule has 4 heteroatoms. The van der Waals surface area contributed by atoms with Crippen LogP contribution in [-0.4, -0.2) is 41.0 Å². The Morgan fingerprint density at radius 1 is 1.32 bits per heavy atom. The number of H-pyrrole nitrogens is 1. The molecule has 2 heterocycles. The van der Waals surface area contributed by atoms with Crippen molar-refractivity contribution >= 4 is 17.0 Å². The Kier molecular flexibility index (Phi) is 3.69. The van der Waals surface area contributed by atoms with Gasteiger partial charge >= 0.3 is 0 Å². The van der Waals surface area contributed by atoms with Gasteiger partial charge in [0.05, 0.1) is 11.0 Å². The molecule has 1 aromatic carbocycles. The number of nitrogens with one attached hydrogen (secondary N) is 2. The lowest BCUT2D eigenvalue weighted by Crippen LogP contribution is -2.29. The first kappa shape index (κ1) is 12.5. The number of rotatable bonds is 5. The summed E-state index contributed by atoms with van der Waals surface area (Å²) in [6.45, 7) is 7.00. The molecule has 0 spiro atoms. The van der Waals surface area contributed by atoms with Crippen LogP contribution in [0.4, 0.5) is 5.95 Å². The molecule has 0 radical (unpaired) electrons. The van der Waals surface area contributed by atoms with Gasteiger partial charge in [-0.2, -0.15) is 0 Å². The number of likely N-dealkylation sites (tertiary alicyclic amines) is 1. The first-order valence-corrected chi connectivity index (χ1v) is 7.22. The van der Waals surface area contributed by atoms with Gasteiger partial charge in [-0.15, -0.1) is 0 Å². The van der Waals surface area contributed by atoms with Crippen LogP contribution >= 0.6 is 0 Å². The largest absolute Gasteiger partial charge is 0.355 e. The highest BCUT2D eigenvalue weighted by Gasteiger charge is 2.14. The summed E-state index contributed by atoms with van der Waals surface area (Å²) in [6.07, 6.45) is 2.73. The zero-order valence-corrected chi connectivity index (χ0v) is 11.5. The number of imidazole rings is 1. The van der Waals surface area contributed by atoms with Crippen molar-refractivity contribution in [3.8, 4) is 0 Å². The SMILES string of the molecule is CC(CNc1nc2ccccc2[nH]1)CN1CCCC1. The highest BCUT2D eigenvalue weighted by molar-refractivity contribution is 5.77. The van der Waals surface area contributed by atoms with Crippen LogP contribution in [0.1, 0.15) is 19.8 Å². The molecule has 1 saturated heterocycles. The quantitative estimate of drug-likeness (QED) is 0.866. The van der Waals surface area contributed by atoms with E-state index >= 15 is 0 Å². The first-order chi connectivity index (χ1) is 9.31. The van der Waals surface area contributed by atoms with Crippen LogP contribution in [-0.2, 0) is 0 Å². The second kappa shape index (κ2) is 5.61. The van der Waals surface area contributed by atoms with Crippen molar-refractivity contribution in [2.45, 2.75) is 19.8 Å². The third-order valence-corrected chi connectivity index (χ3v) is 3.78.